The Kier molecular flexibility index (Phi) is 8.00. The molecule has 1 aromatic carbocycles. The summed E-state index contributed by atoms with van der Waals surface area (Å²) >= 11 is 0. The number of hydrogen-bond acceptors (Lipinski definition) is 1. The molecular formula is C20H24F12OSi. The lowest BCUT2D eigenvalue weighted by molar-refractivity contribution is -0.378. The van der Waals surface area contributed by atoms with Crippen LogP contribution in [0.3, 0.4) is 0 Å². The largest absolute Gasteiger partial charge is 0.430 e. The summed E-state index contributed by atoms with van der Waals surface area (Å²) < 4.78 is 164. The third-order valence-electron chi connectivity index (χ3n) is 6.30. The van der Waals surface area contributed by atoms with E-state index in [1.807, 2.05) is 0 Å². The molecule has 198 valence electrons. The highest BCUT2D eigenvalue weighted by Crippen LogP contribution is 2.56. The van der Waals surface area contributed by atoms with Crippen LogP contribution in [0.25, 0.3) is 0 Å². The molecule has 1 aromatic rings. The number of alkyl halides is 12. The monoisotopic (exact) mass is 536 g/mol. The van der Waals surface area contributed by atoms with E-state index in [-0.39, 0.29) is 12.1 Å². The van der Waals surface area contributed by atoms with Crippen LogP contribution in [-0.4, -0.2) is 25.5 Å². The maximum atomic E-state index is 13.9. The maximum Gasteiger partial charge on any atom is 0.430 e. The van der Waals surface area contributed by atoms with Crippen molar-refractivity contribution in [1.82, 2.24) is 0 Å². The van der Waals surface area contributed by atoms with Crippen LogP contribution in [0.5, 0.6) is 0 Å². The zero-order chi connectivity index (χ0) is 27.5. The van der Waals surface area contributed by atoms with Crippen molar-refractivity contribution in [2.45, 2.75) is 88.5 Å². The van der Waals surface area contributed by atoms with Gasteiger partial charge in [0.2, 0.25) is 0 Å². The summed E-state index contributed by atoms with van der Waals surface area (Å²) in [5.74, 6) is 0. The van der Waals surface area contributed by atoms with Gasteiger partial charge in [0, 0.05) is 5.56 Å². The minimum Gasteiger partial charge on any atom is -0.369 e. The van der Waals surface area contributed by atoms with Gasteiger partial charge in [-0.1, -0.05) is 58.9 Å². The molecule has 0 spiro atoms. The van der Waals surface area contributed by atoms with E-state index in [1.54, 1.807) is 0 Å². The molecule has 0 amide bonds. The molecule has 34 heavy (non-hydrogen) atoms. The Morgan fingerprint density at radius 2 is 0.853 bits per heavy atom. The second kappa shape index (κ2) is 8.89. The molecule has 0 aromatic heterocycles. The van der Waals surface area contributed by atoms with Crippen LogP contribution < -0.4 is 5.19 Å². The molecule has 0 aliphatic carbocycles. The molecule has 1 N–H and O–H groups in total. The summed E-state index contributed by atoms with van der Waals surface area (Å²) in [7, 11) is -3.44. The second-order valence-electron chi connectivity index (χ2n) is 9.04. The van der Waals surface area contributed by atoms with Gasteiger partial charge in [-0.25, -0.2) is 0 Å². The number of rotatable bonds is 5. The van der Waals surface area contributed by atoms with Gasteiger partial charge < -0.3 is 5.11 Å². The first kappa shape index (κ1) is 30.6. The average Bonchev–Trinajstić information content (AvgIpc) is 2.56. The van der Waals surface area contributed by atoms with E-state index in [0.29, 0.717) is 0 Å². The fourth-order valence-corrected chi connectivity index (χ4v) is 12.0. The SMILES string of the molecule is CC(C)[Si](c1cc(C(F)(F)F)c(C(O)(C(F)(F)F)C(F)(F)F)c(C(F)(F)F)c1)(C(C)C)C(C)C. The Balaban J connectivity index is 4.57. The van der Waals surface area contributed by atoms with Crippen molar-refractivity contribution in [1.29, 1.82) is 0 Å². The van der Waals surface area contributed by atoms with Crippen LogP contribution in [0.4, 0.5) is 52.7 Å². The standard InChI is InChI=1S/C20H24F12OSi/c1-9(2)34(10(3)4,11(5)6)12-7-13(17(21,22)23)15(14(8-12)18(24,25)26)16(33,19(27,28)29)20(30,31)32/h7-11,33H,1-6H3. The van der Waals surface area contributed by atoms with Crippen LogP contribution in [0.15, 0.2) is 12.1 Å². The van der Waals surface area contributed by atoms with Crippen molar-refractivity contribution < 1.29 is 57.8 Å². The zero-order valence-corrected chi connectivity index (χ0v) is 19.9. The van der Waals surface area contributed by atoms with Crippen LogP contribution in [0.1, 0.15) is 58.2 Å². The number of hydrogen-bond donors (Lipinski definition) is 1. The minimum absolute atomic E-state index is 0.0702. The van der Waals surface area contributed by atoms with E-state index in [2.05, 4.69) is 0 Å². The lowest BCUT2D eigenvalue weighted by Crippen LogP contribution is -2.58. The van der Waals surface area contributed by atoms with Crippen molar-refractivity contribution in [3.8, 4) is 0 Å². The maximum absolute atomic E-state index is 13.9. The normalized spacial score (nSPS) is 15.1. The van der Waals surface area contributed by atoms with E-state index >= 15 is 0 Å². The van der Waals surface area contributed by atoms with Crippen molar-refractivity contribution in [3.05, 3.63) is 28.8 Å². The first-order valence-electron chi connectivity index (χ1n) is 9.98. The Morgan fingerprint density at radius 1 is 0.588 bits per heavy atom. The molecule has 1 nitrogen and oxygen atoms in total. The van der Waals surface area contributed by atoms with Crippen molar-refractivity contribution in [3.63, 3.8) is 0 Å². The van der Waals surface area contributed by atoms with E-state index in [4.69, 9.17) is 0 Å². The summed E-state index contributed by atoms with van der Waals surface area (Å²) in [5, 5.41) is 9.03. The second-order valence-corrected chi connectivity index (χ2v) is 15.0. The van der Waals surface area contributed by atoms with Crippen LogP contribution in [-0.2, 0) is 18.0 Å². The molecule has 0 heterocycles. The highest BCUT2D eigenvalue weighted by Gasteiger charge is 2.74. The first-order valence-corrected chi connectivity index (χ1v) is 12.2. The summed E-state index contributed by atoms with van der Waals surface area (Å²) in [5.41, 5.74) is -17.0. The van der Waals surface area contributed by atoms with Gasteiger partial charge in [0.05, 0.1) is 19.2 Å². The molecule has 14 heteroatoms. The third kappa shape index (κ3) is 4.80. The van der Waals surface area contributed by atoms with E-state index in [9.17, 15) is 57.8 Å². The van der Waals surface area contributed by atoms with Crippen LogP contribution in [0, 0.1) is 0 Å². The van der Waals surface area contributed by atoms with Gasteiger partial charge in [-0.15, -0.1) is 0 Å². The molecule has 0 atom stereocenters. The Morgan fingerprint density at radius 3 is 1.03 bits per heavy atom. The fourth-order valence-electron chi connectivity index (χ4n) is 5.17. The van der Waals surface area contributed by atoms with Gasteiger partial charge in [-0.3, -0.25) is 0 Å². The summed E-state index contributed by atoms with van der Waals surface area (Å²) in [6.45, 7) is 9.18. The lowest BCUT2D eigenvalue weighted by atomic mass is 9.84. The van der Waals surface area contributed by atoms with Crippen LogP contribution >= 0.6 is 0 Å². The predicted molar refractivity (Wildman–Crippen MR) is 103 cm³/mol. The first-order chi connectivity index (χ1) is 14.8. The van der Waals surface area contributed by atoms with Crippen LogP contribution in [0.2, 0.25) is 16.6 Å². The fraction of sp³-hybridized carbons (Fsp3) is 0.700. The Bertz CT molecular complexity index is 805. The van der Waals surface area contributed by atoms with Gasteiger partial charge in [0.1, 0.15) is 0 Å². The Hall–Kier alpha value is -1.44. The number of aliphatic hydroxyl groups is 1. The van der Waals surface area contributed by atoms with Gasteiger partial charge >= 0.3 is 24.7 Å². The summed E-state index contributed by atoms with van der Waals surface area (Å²) in [6, 6.07) is -0.140. The minimum atomic E-state index is -6.95. The summed E-state index contributed by atoms with van der Waals surface area (Å²) in [4.78, 5) is 0. The topological polar surface area (TPSA) is 20.2 Å². The number of halogens is 12. The molecule has 1 rings (SSSR count). The third-order valence-corrected chi connectivity index (χ3v) is 13.3. The molecule has 0 radical (unpaired) electrons. The van der Waals surface area contributed by atoms with E-state index < -0.39 is 76.9 Å². The molecule has 0 saturated heterocycles. The lowest BCUT2D eigenvalue weighted by Gasteiger charge is -2.45. The van der Waals surface area contributed by atoms with E-state index in [1.165, 1.54) is 41.5 Å². The highest BCUT2D eigenvalue weighted by molar-refractivity contribution is 6.95. The van der Waals surface area contributed by atoms with Gasteiger partial charge in [0.25, 0.3) is 5.60 Å². The van der Waals surface area contributed by atoms with E-state index in [0.717, 1.165) is 0 Å². The molecule has 0 aliphatic heterocycles. The number of benzene rings is 1. The molecule has 0 saturated carbocycles. The zero-order valence-electron chi connectivity index (χ0n) is 18.9. The van der Waals surface area contributed by atoms with Crippen molar-refractivity contribution in [2.24, 2.45) is 0 Å². The van der Waals surface area contributed by atoms with Gasteiger partial charge in [0.15, 0.2) is 0 Å². The molecule has 0 fully saturated rings. The smallest absolute Gasteiger partial charge is 0.369 e. The Labute approximate surface area is 189 Å². The molecule has 0 aliphatic rings. The highest BCUT2D eigenvalue weighted by atomic mass is 28.3. The van der Waals surface area contributed by atoms with Crippen molar-refractivity contribution in [2.75, 3.05) is 0 Å². The molecular weight excluding hydrogens is 512 g/mol. The quantitative estimate of drug-likeness (QED) is 0.300. The molecule has 0 bridgehead atoms. The van der Waals surface area contributed by atoms with Gasteiger partial charge in [-0.05, 0) is 16.6 Å². The summed E-state index contributed by atoms with van der Waals surface area (Å²) in [6.07, 6.45) is -26.1. The predicted octanol–water partition coefficient (Wildman–Crippen LogP) is 7.92. The van der Waals surface area contributed by atoms with Gasteiger partial charge in [-0.2, -0.15) is 52.7 Å². The average molecular weight is 536 g/mol. The molecule has 0 unspecified atom stereocenters. The van der Waals surface area contributed by atoms with Crippen molar-refractivity contribution >= 4 is 13.3 Å².